The normalized spacial score (nSPS) is 30.4. The van der Waals surface area contributed by atoms with Gasteiger partial charge in [0.05, 0.1) is 19.0 Å². The van der Waals surface area contributed by atoms with Crippen LogP contribution in [0.15, 0.2) is 17.5 Å². The molecule has 0 amide bonds. The Hall–Kier alpha value is -0.470. The molecule has 3 rings (SSSR count). The fourth-order valence-electron chi connectivity index (χ4n) is 3.37. The van der Waals surface area contributed by atoms with E-state index in [1.54, 1.807) is 11.3 Å². The van der Waals surface area contributed by atoms with Gasteiger partial charge in [-0.05, 0) is 30.3 Å². The summed E-state index contributed by atoms with van der Waals surface area (Å²) in [6, 6.07) is 4.28. The second-order valence-electron chi connectivity index (χ2n) is 6.02. The summed E-state index contributed by atoms with van der Waals surface area (Å²) in [7, 11) is -3.13. The SMILES string of the molecule is CS(=O)(=O)NC[C@@H]1OC[C@@H]2CN(Cc3cccs3)CC[C@@H]21. The van der Waals surface area contributed by atoms with E-state index in [0.717, 1.165) is 32.7 Å². The first-order valence-electron chi connectivity index (χ1n) is 7.32. The highest BCUT2D eigenvalue weighted by Crippen LogP contribution is 2.34. The van der Waals surface area contributed by atoms with Gasteiger partial charge in [0.25, 0.3) is 0 Å². The number of nitrogens with one attached hydrogen (secondary N) is 1. The maximum Gasteiger partial charge on any atom is 0.208 e. The molecule has 2 aliphatic rings. The van der Waals surface area contributed by atoms with Gasteiger partial charge in [0, 0.05) is 30.4 Å². The van der Waals surface area contributed by atoms with Crippen molar-refractivity contribution in [2.75, 3.05) is 32.5 Å². The van der Waals surface area contributed by atoms with Gasteiger partial charge in [-0.3, -0.25) is 4.90 Å². The number of ether oxygens (including phenoxy) is 1. The number of fused-ring (bicyclic) bond motifs is 1. The summed E-state index contributed by atoms with van der Waals surface area (Å²) >= 11 is 1.80. The molecule has 1 N–H and O–H groups in total. The van der Waals surface area contributed by atoms with Crippen LogP contribution in [0, 0.1) is 11.8 Å². The first kappa shape index (κ1) is 15.4. The van der Waals surface area contributed by atoms with Crippen molar-refractivity contribution in [3.8, 4) is 0 Å². The monoisotopic (exact) mass is 330 g/mol. The molecule has 0 aliphatic carbocycles. The molecule has 0 saturated carbocycles. The first-order valence-corrected chi connectivity index (χ1v) is 10.1. The lowest BCUT2D eigenvalue weighted by Crippen LogP contribution is -2.43. The predicted octanol–water partition coefficient (Wildman–Crippen LogP) is 1.13. The van der Waals surface area contributed by atoms with Gasteiger partial charge in [-0.2, -0.15) is 0 Å². The van der Waals surface area contributed by atoms with Crippen molar-refractivity contribution in [2.45, 2.75) is 19.1 Å². The van der Waals surface area contributed by atoms with Crippen molar-refractivity contribution in [3.05, 3.63) is 22.4 Å². The van der Waals surface area contributed by atoms with Crippen LogP contribution < -0.4 is 4.72 Å². The number of likely N-dealkylation sites (tertiary alicyclic amines) is 1. The van der Waals surface area contributed by atoms with Crippen molar-refractivity contribution in [1.29, 1.82) is 0 Å². The van der Waals surface area contributed by atoms with Crippen LogP contribution in [0.3, 0.4) is 0 Å². The standard InChI is InChI=1S/C14H22N2O3S2/c1-21(17,18)15-7-14-13-4-5-16(8-11(13)10-19-14)9-12-3-2-6-20-12/h2-3,6,11,13-15H,4-5,7-10H2,1H3/t11-,13-,14-/m0/s1. The van der Waals surface area contributed by atoms with Gasteiger partial charge < -0.3 is 4.74 Å². The lowest BCUT2D eigenvalue weighted by Gasteiger charge is -2.35. The molecular weight excluding hydrogens is 308 g/mol. The number of rotatable bonds is 5. The van der Waals surface area contributed by atoms with Gasteiger partial charge in [0.2, 0.25) is 10.0 Å². The van der Waals surface area contributed by atoms with Crippen LogP contribution >= 0.6 is 11.3 Å². The summed E-state index contributed by atoms with van der Waals surface area (Å²) in [5.74, 6) is 1.02. The van der Waals surface area contributed by atoms with Crippen molar-refractivity contribution >= 4 is 21.4 Å². The van der Waals surface area contributed by atoms with Crippen molar-refractivity contribution < 1.29 is 13.2 Å². The molecule has 3 atom stereocenters. The smallest absolute Gasteiger partial charge is 0.208 e. The molecule has 0 bridgehead atoms. The van der Waals surface area contributed by atoms with E-state index in [-0.39, 0.29) is 6.10 Å². The van der Waals surface area contributed by atoms with E-state index >= 15 is 0 Å². The summed E-state index contributed by atoms with van der Waals surface area (Å²) in [6.45, 7) is 4.30. The third-order valence-electron chi connectivity index (χ3n) is 4.39. The maximum atomic E-state index is 11.2. The first-order chi connectivity index (χ1) is 10.0. The molecule has 3 heterocycles. The Morgan fingerprint density at radius 3 is 3.10 bits per heavy atom. The van der Waals surface area contributed by atoms with Crippen LogP contribution in [0.4, 0.5) is 0 Å². The van der Waals surface area contributed by atoms with Gasteiger partial charge in [0.1, 0.15) is 0 Å². The van der Waals surface area contributed by atoms with E-state index in [4.69, 9.17) is 4.74 Å². The molecule has 0 unspecified atom stereocenters. The molecule has 118 valence electrons. The highest BCUT2D eigenvalue weighted by molar-refractivity contribution is 7.88. The van der Waals surface area contributed by atoms with Crippen molar-refractivity contribution in [1.82, 2.24) is 9.62 Å². The lowest BCUT2D eigenvalue weighted by atomic mass is 9.84. The molecule has 7 heteroatoms. The van der Waals surface area contributed by atoms with Gasteiger partial charge in [-0.15, -0.1) is 11.3 Å². The molecular formula is C14H22N2O3S2. The highest BCUT2D eigenvalue weighted by Gasteiger charge is 2.40. The van der Waals surface area contributed by atoms with Crippen LogP contribution in [-0.2, 0) is 21.3 Å². The number of nitrogens with zero attached hydrogens (tertiary/aromatic N) is 1. The van der Waals surface area contributed by atoms with Gasteiger partial charge in [-0.1, -0.05) is 6.07 Å². The molecule has 0 aromatic carbocycles. The van der Waals surface area contributed by atoms with E-state index in [0.29, 0.717) is 18.4 Å². The Labute approximate surface area is 130 Å². The summed E-state index contributed by atoms with van der Waals surface area (Å²) in [4.78, 5) is 3.89. The third kappa shape index (κ3) is 4.04. The Morgan fingerprint density at radius 1 is 1.52 bits per heavy atom. The van der Waals surface area contributed by atoms with Gasteiger partial charge in [0.15, 0.2) is 0 Å². The van der Waals surface area contributed by atoms with Crippen LogP contribution in [0.1, 0.15) is 11.3 Å². The summed E-state index contributed by atoms with van der Waals surface area (Å²) in [6.07, 6.45) is 2.32. The maximum absolute atomic E-state index is 11.2. The van der Waals surface area contributed by atoms with E-state index in [2.05, 4.69) is 27.1 Å². The topological polar surface area (TPSA) is 58.6 Å². The van der Waals surface area contributed by atoms with Gasteiger partial charge in [-0.25, -0.2) is 13.1 Å². The highest BCUT2D eigenvalue weighted by atomic mass is 32.2. The Kier molecular flexibility index (Phi) is 4.66. The molecule has 1 aromatic heterocycles. The quantitative estimate of drug-likeness (QED) is 0.879. The van der Waals surface area contributed by atoms with E-state index in [1.807, 2.05) is 0 Å². The second-order valence-corrected chi connectivity index (χ2v) is 8.88. The van der Waals surface area contributed by atoms with Crippen LogP contribution in [-0.4, -0.2) is 51.9 Å². The summed E-state index contributed by atoms with van der Waals surface area (Å²) in [5, 5.41) is 2.12. The molecule has 0 radical (unpaired) electrons. The molecule has 5 nitrogen and oxygen atoms in total. The number of piperidine rings is 1. The van der Waals surface area contributed by atoms with E-state index in [9.17, 15) is 8.42 Å². The average Bonchev–Trinajstić information content (AvgIpc) is 3.04. The second kappa shape index (κ2) is 6.34. The molecule has 1 aromatic rings. The minimum absolute atomic E-state index is 0.0358. The lowest BCUT2D eigenvalue weighted by molar-refractivity contribution is 0.0886. The number of sulfonamides is 1. The molecule has 0 spiro atoms. The minimum atomic E-state index is -3.13. The third-order valence-corrected chi connectivity index (χ3v) is 5.94. The Balaban J connectivity index is 1.52. The van der Waals surface area contributed by atoms with E-state index in [1.165, 1.54) is 11.1 Å². The van der Waals surface area contributed by atoms with Crippen molar-refractivity contribution in [2.24, 2.45) is 11.8 Å². The summed E-state index contributed by atoms with van der Waals surface area (Å²) in [5.41, 5.74) is 0. The zero-order valence-corrected chi connectivity index (χ0v) is 13.8. The Morgan fingerprint density at radius 2 is 2.38 bits per heavy atom. The van der Waals surface area contributed by atoms with Crippen LogP contribution in [0.5, 0.6) is 0 Å². The summed E-state index contributed by atoms with van der Waals surface area (Å²) < 4.78 is 30.8. The van der Waals surface area contributed by atoms with E-state index < -0.39 is 10.0 Å². The van der Waals surface area contributed by atoms with Crippen LogP contribution in [0.2, 0.25) is 0 Å². The molecule has 21 heavy (non-hydrogen) atoms. The van der Waals surface area contributed by atoms with Gasteiger partial charge >= 0.3 is 0 Å². The number of thiophene rings is 1. The predicted molar refractivity (Wildman–Crippen MR) is 83.8 cm³/mol. The molecule has 2 aliphatic heterocycles. The zero-order valence-electron chi connectivity index (χ0n) is 12.2. The fourth-order valence-corrected chi connectivity index (χ4v) is 4.59. The minimum Gasteiger partial charge on any atom is -0.376 e. The largest absolute Gasteiger partial charge is 0.376 e. The Bertz CT molecular complexity index is 559. The molecule has 2 saturated heterocycles. The number of hydrogen-bond donors (Lipinski definition) is 1. The number of hydrogen-bond acceptors (Lipinski definition) is 5. The van der Waals surface area contributed by atoms with Crippen molar-refractivity contribution in [3.63, 3.8) is 0 Å². The average molecular weight is 330 g/mol. The zero-order chi connectivity index (χ0) is 14.9. The van der Waals surface area contributed by atoms with Crippen LogP contribution in [0.25, 0.3) is 0 Å². The molecule has 2 fully saturated rings. The fraction of sp³-hybridized carbons (Fsp3) is 0.714.